The lowest BCUT2D eigenvalue weighted by Crippen LogP contribution is -2.08. The van der Waals surface area contributed by atoms with E-state index in [0.29, 0.717) is 16.6 Å². The summed E-state index contributed by atoms with van der Waals surface area (Å²) >= 11 is 11.8. The molecule has 0 aliphatic heterocycles. The molecule has 0 amide bonds. The highest BCUT2D eigenvalue weighted by Gasteiger charge is 2.05. The van der Waals surface area contributed by atoms with E-state index in [-0.39, 0.29) is 0 Å². The van der Waals surface area contributed by atoms with Crippen LogP contribution in [0.15, 0.2) is 18.5 Å². The van der Waals surface area contributed by atoms with E-state index in [1.54, 1.807) is 12.4 Å². The van der Waals surface area contributed by atoms with Crippen molar-refractivity contribution in [1.29, 1.82) is 0 Å². The highest BCUT2D eigenvalue weighted by atomic mass is 35.5. The molecule has 0 saturated heterocycles. The smallest absolute Gasteiger partial charge is 0.0958 e. The first-order chi connectivity index (χ1) is 6.72. The second kappa shape index (κ2) is 3.77. The van der Waals surface area contributed by atoms with Crippen molar-refractivity contribution in [2.24, 2.45) is 5.73 Å². The van der Waals surface area contributed by atoms with E-state index >= 15 is 0 Å². The molecule has 2 rings (SSSR count). The summed E-state index contributed by atoms with van der Waals surface area (Å²) in [5, 5.41) is 1.06. The van der Waals surface area contributed by atoms with Crippen molar-refractivity contribution in [3.8, 4) is 0 Å². The molecule has 2 N–H and O–H groups in total. The van der Waals surface area contributed by atoms with Crippen LogP contribution in [-0.4, -0.2) is 16.1 Å². The summed E-state index contributed by atoms with van der Waals surface area (Å²) in [6.45, 7) is 1.31. The fourth-order valence-electron chi connectivity index (χ4n) is 1.37. The molecule has 74 valence electrons. The van der Waals surface area contributed by atoms with Crippen LogP contribution in [-0.2, 0) is 6.54 Å². The summed E-state index contributed by atoms with van der Waals surface area (Å²) in [5.41, 5.74) is 7.27. The number of nitrogens with two attached hydrogens (primary N) is 1. The molecule has 0 aliphatic carbocycles. The Morgan fingerprint density at radius 1 is 1.29 bits per heavy atom. The highest BCUT2D eigenvalue weighted by Crippen LogP contribution is 2.26. The Morgan fingerprint density at radius 3 is 2.71 bits per heavy atom. The van der Waals surface area contributed by atoms with Crippen molar-refractivity contribution >= 4 is 34.2 Å². The zero-order valence-corrected chi connectivity index (χ0v) is 8.89. The first-order valence-electron chi connectivity index (χ1n) is 4.22. The van der Waals surface area contributed by atoms with Gasteiger partial charge in [-0.1, -0.05) is 23.2 Å². The predicted octanol–water partition coefficient (Wildman–Crippen LogP) is 2.30. The lowest BCUT2D eigenvalue weighted by molar-refractivity contribution is 0.728. The van der Waals surface area contributed by atoms with Crippen LogP contribution >= 0.6 is 23.2 Å². The van der Waals surface area contributed by atoms with Gasteiger partial charge in [-0.15, -0.1) is 0 Å². The molecule has 1 heterocycles. The monoisotopic (exact) mass is 229 g/mol. The van der Waals surface area contributed by atoms with Crippen molar-refractivity contribution < 1.29 is 0 Å². The highest BCUT2D eigenvalue weighted by molar-refractivity contribution is 6.42. The first-order valence-corrected chi connectivity index (χ1v) is 4.98. The van der Waals surface area contributed by atoms with Crippen LogP contribution in [0.3, 0.4) is 0 Å². The van der Waals surface area contributed by atoms with E-state index in [4.69, 9.17) is 28.9 Å². The molecule has 5 heteroatoms. The number of imidazole rings is 1. The Bertz CT molecular complexity index is 464. The van der Waals surface area contributed by atoms with E-state index in [0.717, 1.165) is 17.6 Å². The average Bonchev–Trinajstić information content (AvgIpc) is 2.51. The van der Waals surface area contributed by atoms with Crippen molar-refractivity contribution in [3.63, 3.8) is 0 Å². The number of aromatic nitrogens is 2. The molecule has 1 aromatic heterocycles. The number of fused-ring (bicyclic) bond motifs is 1. The summed E-state index contributed by atoms with van der Waals surface area (Å²) in [5.74, 6) is 0. The van der Waals surface area contributed by atoms with E-state index in [1.165, 1.54) is 0 Å². The standard InChI is InChI=1S/C9H9Cl2N3/c10-6-3-8-9(4-7(6)11)14(2-1-12)5-13-8/h3-5H,1-2,12H2. The number of halogens is 2. The van der Waals surface area contributed by atoms with Crippen molar-refractivity contribution in [2.45, 2.75) is 6.54 Å². The fraction of sp³-hybridized carbons (Fsp3) is 0.222. The number of nitrogens with zero attached hydrogens (tertiary/aromatic N) is 2. The Balaban J connectivity index is 2.61. The molecule has 0 spiro atoms. The van der Waals surface area contributed by atoms with Gasteiger partial charge in [0.25, 0.3) is 0 Å². The zero-order chi connectivity index (χ0) is 10.1. The van der Waals surface area contributed by atoms with E-state index in [1.807, 2.05) is 10.6 Å². The molecule has 0 aliphatic rings. The van der Waals surface area contributed by atoms with E-state index < -0.39 is 0 Å². The number of benzene rings is 1. The Hall–Kier alpha value is -0.770. The molecule has 0 radical (unpaired) electrons. The van der Waals surface area contributed by atoms with Gasteiger partial charge in [-0.2, -0.15) is 0 Å². The quantitative estimate of drug-likeness (QED) is 0.860. The minimum atomic E-state index is 0.525. The van der Waals surface area contributed by atoms with Crippen LogP contribution in [0.4, 0.5) is 0 Å². The van der Waals surface area contributed by atoms with Crippen LogP contribution < -0.4 is 5.73 Å². The SMILES string of the molecule is NCCn1cnc2cc(Cl)c(Cl)cc21. The normalized spacial score (nSPS) is 11.1. The molecule has 0 unspecified atom stereocenters. The third-order valence-corrected chi connectivity index (χ3v) is 2.76. The minimum Gasteiger partial charge on any atom is -0.329 e. The molecule has 1 aromatic carbocycles. The maximum atomic E-state index is 5.91. The number of hydrogen-bond donors (Lipinski definition) is 1. The third-order valence-electron chi connectivity index (χ3n) is 2.03. The molecule has 0 fully saturated rings. The Kier molecular flexibility index (Phi) is 2.63. The summed E-state index contributed by atoms with van der Waals surface area (Å²) in [4.78, 5) is 4.20. The molecular weight excluding hydrogens is 221 g/mol. The van der Waals surface area contributed by atoms with Gasteiger partial charge in [0.05, 0.1) is 27.4 Å². The zero-order valence-electron chi connectivity index (χ0n) is 7.37. The van der Waals surface area contributed by atoms with Crippen LogP contribution in [0, 0.1) is 0 Å². The van der Waals surface area contributed by atoms with Crippen molar-refractivity contribution in [3.05, 3.63) is 28.5 Å². The lowest BCUT2D eigenvalue weighted by atomic mass is 10.3. The van der Waals surface area contributed by atoms with E-state index in [9.17, 15) is 0 Å². The second-order valence-electron chi connectivity index (χ2n) is 2.98. The van der Waals surface area contributed by atoms with Gasteiger partial charge in [0.2, 0.25) is 0 Å². The predicted molar refractivity (Wildman–Crippen MR) is 58.8 cm³/mol. The van der Waals surface area contributed by atoms with Crippen molar-refractivity contribution in [1.82, 2.24) is 9.55 Å². The van der Waals surface area contributed by atoms with E-state index in [2.05, 4.69) is 4.98 Å². The van der Waals surface area contributed by atoms with Crippen LogP contribution in [0.25, 0.3) is 11.0 Å². The van der Waals surface area contributed by atoms with Crippen LogP contribution in [0.2, 0.25) is 10.0 Å². The second-order valence-corrected chi connectivity index (χ2v) is 3.80. The van der Waals surface area contributed by atoms with Gasteiger partial charge in [0.15, 0.2) is 0 Å². The minimum absolute atomic E-state index is 0.525. The van der Waals surface area contributed by atoms with Gasteiger partial charge in [-0.3, -0.25) is 0 Å². The lowest BCUT2D eigenvalue weighted by Gasteiger charge is -2.01. The topological polar surface area (TPSA) is 43.8 Å². The summed E-state index contributed by atoms with van der Waals surface area (Å²) in [6, 6.07) is 3.56. The first kappa shape index (κ1) is 9.77. The Morgan fingerprint density at radius 2 is 2.00 bits per heavy atom. The van der Waals surface area contributed by atoms with Gasteiger partial charge < -0.3 is 10.3 Å². The molecule has 2 aromatic rings. The van der Waals surface area contributed by atoms with Gasteiger partial charge in [-0.05, 0) is 12.1 Å². The van der Waals surface area contributed by atoms with Gasteiger partial charge >= 0.3 is 0 Å². The molecule has 3 nitrogen and oxygen atoms in total. The molecule has 0 bridgehead atoms. The summed E-state index contributed by atoms with van der Waals surface area (Å²) < 4.78 is 1.96. The largest absolute Gasteiger partial charge is 0.329 e. The molecular formula is C9H9Cl2N3. The summed E-state index contributed by atoms with van der Waals surface area (Å²) in [7, 11) is 0. The maximum Gasteiger partial charge on any atom is 0.0958 e. The molecule has 14 heavy (non-hydrogen) atoms. The molecule has 0 saturated carbocycles. The number of rotatable bonds is 2. The van der Waals surface area contributed by atoms with Crippen LogP contribution in [0.5, 0.6) is 0 Å². The van der Waals surface area contributed by atoms with Crippen molar-refractivity contribution in [2.75, 3.05) is 6.54 Å². The van der Waals surface area contributed by atoms with Gasteiger partial charge in [-0.25, -0.2) is 4.98 Å². The third kappa shape index (κ3) is 1.59. The van der Waals surface area contributed by atoms with Crippen LogP contribution in [0.1, 0.15) is 0 Å². The summed E-state index contributed by atoms with van der Waals surface area (Å²) in [6.07, 6.45) is 1.74. The Labute approximate surface area is 91.4 Å². The maximum absolute atomic E-state index is 5.91. The van der Waals surface area contributed by atoms with Gasteiger partial charge in [0.1, 0.15) is 0 Å². The fourth-order valence-corrected chi connectivity index (χ4v) is 1.69. The number of hydrogen-bond acceptors (Lipinski definition) is 2. The molecule has 0 atom stereocenters. The average molecular weight is 230 g/mol. The van der Waals surface area contributed by atoms with Gasteiger partial charge in [0, 0.05) is 13.1 Å².